The summed E-state index contributed by atoms with van der Waals surface area (Å²) in [7, 11) is 0. The van der Waals surface area contributed by atoms with Crippen molar-refractivity contribution in [3.05, 3.63) is 247 Å². The van der Waals surface area contributed by atoms with Gasteiger partial charge in [0.2, 0.25) is 0 Å². The minimum Gasteiger partial charge on any atom is -0.309 e. The first-order valence-corrected chi connectivity index (χ1v) is 22.4. The van der Waals surface area contributed by atoms with Gasteiger partial charge < -0.3 is 4.57 Å². The molecule has 64 heavy (non-hydrogen) atoms. The molecule has 0 spiro atoms. The fourth-order valence-corrected chi connectivity index (χ4v) is 10.1. The average Bonchev–Trinajstić information content (AvgIpc) is 3.57. The molecule has 0 saturated carbocycles. The fraction of sp³-hybridized carbons (Fsp3) is 0.0484. The average molecular weight is 817 g/mol. The lowest BCUT2D eigenvalue weighted by atomic mass is 9.85. The molecule has 0 amide bonds. The molecule has 1 atom stereocenters. The number of benzene rings is 10. The van der Waals surface area contributed by atoms with E-state index >= 15 is 0 Å². The van der Waals surface area contributed by atoms with Crippen LogP contribution in [0.2, 0.25) is 0 Å². The molecular formula is C62H44N2. The molecule has 0 aliphatic carbocycles. The van der Waals surface area contributed by atoms with Gasteiger partial charge in [-0.15, -0.1) is 0 Å². The standard InChI is InChI=1S/C62H44N2/c1-2-41-37-48(43-19-8-4-9-20-43)39-58(45-21-10-5-11-22-45)63-62(41)56-27-16-26-55-51-24-13-12-23-50(51)52-35-31-46(38-57(52)61(55)56)47-32-36-54-53-25-14-15-28-59(53)64(60(54)40-47)49-33-29-44(30-34-49)42-17-6-3-7-18-42/h3-41H,2H2,1H3. The van der Waals surface area contributed by atoms with Gasteiger partial charge in [0, 0.05) is 33.5 Å². The Morgan fingerprint density at radius 3 is 1.66 bits per heavy atom. The van der Waals surface area contributed by atoms with E-state index in [4.69, 9.17) is 4.99 Å². The van der Waals surface area contributed by atoms with Crippen molar-refractivity contribution >= 4 is 71.1 Å². The monoisotopic (exact) mass is 816 g/mol. The van der Waals surface area contributed by atoms with Crippen molar-refractivity contribution in [1.82, 2.24) is 4.57 Å². The normalized spacial score (nSPS) is 14.2. The summed E-state index contributed by atoms with van der Waals surface area (Å²) >= 11 is 0. The van der Waals surface area contributed by atoms with Gasteiger partial charge in [0.15, 0.2) is 0 Å². The number of hydrogen-bond donors (Lipinski definition) is 0. The summed E-state index contributed by atoms with van der Waals surface area (Å²) in [5.74, 6) is 0.0917. The molecule has 0 saturated heterocycles. The van der Waals surface area contributed by atoms with Crippen molar-refractivity contribution in [2.75, 3.05) is 0 Å². The Hall–Kier alpha value is -8.07. The van der Waals surface area contributed by atoms with Crippen molar-refractivity contribution in [2.45, 2.75) is 13.3 Å². The lowest BCUT2D eigenvalue weighted by molar-refractivity contribution is 0.820. The van der Waals surface area contributed by atoms with Crippen LogP contribution in [0.5, 0.6) is 0 Å². The van der Waals surface area contributed by atoms with Crippen LogP contribution in [0.15, 0.2) is 236 Å². The van der Waals surface area contributed by atoms with Crippen LogP contribution in [-0.4, -0.2) is 10.3 Å². The summed E-state index contributed by atoms with van der Waals surface area (Å²) in [6.45, 7) is 2.29. The Morgan fingerprint density at radius 1 is 0.406 bits per heavy atom. The first kappa shape index (κ1) is 37.7. The predicted molar refractivity (Wildman–Crippen MR) is 273 cm³/mol. The Morgan fingerprint density at radius 2 is 0.938 bits per heavy atom. The third-order valence-electron chi connectivity index (χ3n) is 13.3. The molecular weight excluding hydrogens is 773 g/mol. The topological polar surface area (TPSA) is 17.3 Å². The molecule has 11 aromatic rings. The lowest BCUT2D eigenvalue weighted by Crippen LogP contribution is -2.14. The first-order valence-electron chi connectivity index (χ1n) is 22.4. The smallest absolute Gasteiger partial charge is 0.0711 e. The van der Waals surface area contributed by atoms with Crippen LogP contribution in [0, 0.1) is 5.92 Å². The number of para-hydroxylation sites is 1. The summed E-state index contributed by atoms with van der Waals surface area (Å²) in [6.07, 6.45) is 5.65. The van der Waals surface area contributed by atoms with Crippen molar-refractivity contribution in [3.63, 3.8) is 0 Å². The molecule has 2 nitrogen and oxygen atoms in total. The maximum absolute atomic E-state index is 5.70. The van der Waals surface area contributed by atoms with Gasteiger partial charge in [-0.25, -0.2) is 0 Å². The second-order valence-corrected chi connectivity index (χ2v) is 16.9. The number of allylic oxidation sites excluding steroid dienone is 3. The van der Waals surface area contributed by atoms with Gasteiger partial charge in [-0.3, -0.25) is 4.99 Å². The van der Waals surface area contributed by atoms with Gasteiger partial charge in [-0.2, -0.15) is 0 Å². The van der Waals surface area contributed by atoms with Crippen LogP contribution in [0.4, 0.5) is 0 Å². The van der Waals surface area contributed by atoms with E-state index in [-0.39, 0.29) is 5.92 Å². The molecule has 10 aromatic carbocycles. The molecule has 1 unspecified atom stereocenters. The second-order valence-electron chi connectivity index (χ2n) is 16.9. The highest BCUT2D eigenvalue weighted by Crippen LogP contribution is 2.42. The first-order chi connectivity index (χ1) is 31.7. The number of nitrogens with zero attached hydrogens (tertiary/aromatic N) is 2. The third-order valence-corrected chi connectivity index (χ3v) is 13.3. The molecule has 12 rings (SSSR count). The van der Waals surface area contributed by atoms with Gasteiger partial charge in [0.05, 0.1) is 22.4 Å². The van der Waals surface area contributed by atoms with Gasteiger partial charge in [0.1, 0.15) is 0 Å². The van der Waals surface area contributed by atoms with Crippen LogP contribution in [0.3, 0.4) is 0 Å². The Kier molecular flexibility index (Phi) is 9.23. The van der Waals surface area contributed by atoms with Gasteiger partial charge in [-0.1, -0.05) is 201 Å². The van der Waals surface area contributed by atoms with E-state index in [1.165, 1.54) is 93.1 Å². The zero-order chi connectivity index (χ0) is 42.6. The summed E-state index contributed by atoms with van der Waals surface area (Å²) in [5.41, 5.74) is 15.1. The van der Waals surface area contributed by atoms with Crippen LogP contribution in [-0.2, 0) is 0 Å². The molecule has 0 fully saturated rings. The van der Waals surface area contributed by atoms with Gasteiger partial charge in [-0.05, 0) is 109 Å². The molecule has 1 aliphatic heterocycles. The summed E-state index contributed by atoms with van der Waals surface area (Å²) < 4.78 is 2.43. The Balaban J connectivity index is 1.07. The molecule has 302 valence electrons. The van der Waals surface area contributed by atoms with Gasteiger partial charge >= 0.3 is 0 Å². The van der Waals surface area contributed by atoms with Crippen molar-refractivity contribution in [2.24, 2.45) is 10.9 Å². The van der Waals surface area contributed by atoms with E-state index in [0.717, 1.165) is 29.1 Å². The molecule has 0 bridgehead atoms. The molecule has 1 aliphatic rings. The molecule has 0 N–H and O–H groups in total. The minimum absolute atomic E-state index is 0.0917. The highest BCUT2D eigenvalue weighted by Gasteiger charge is 2.24. The van der Waals surface area contributed by atoms with E-state index in [1.807, 2.05) is 0 Å². The molecule has 2 heterocycles. The van der Waals surface area contributed by atoms with E-state index in [2.05, 4.69) is 242 Å². The van der Waals surface area contributed by atoms with E-state index in [1.54, 1.807) is 0 Å². The van der Waals surface area contributed by atoms with Crippen LogP contribution in [0.25, 0.3) is 93.3 Å². The highest BCUT2D eigenvalue weighted by molar-refractivity contribution is 6.31. The zero-order valence-electron chi connectivity index (χ0n) is 35.6. The van der Waals surface area contributed by atoms with E-state index < -0.39 is 0 Å². The lowest BCUT2D eigenvalue weighted by Gasteiger charge is -2.20. The molecule has 2 heteroatoms. The summed E-state index contributed by atoms with van der Waals surface area (Å²) in [4.78, 5) is 5.70. The third kappa shape index (κ3) is 6.38. The number of aliphatic imine (C=N–C) groups is 1. The van der Waals surface area contributed by atoms with E-state index in [9.17, 15) is 0 Å². The maximum Gasteiger partial charge on any atom is 0.0711 e. The van der Waals surface area contributed by atoms with Gasteiger partial charge in [0.25, 0.3) is 0 Å². The van der Waals surface area contributed by atoms with Crippen molar-refractivity contribution < 1.29 is 0 Å². The largest absolute Gasteiger partial charge is 0.309 e. The van der Waals surface area contributed by atoms with E-state index in [0.29, 0.717) is 0 Å². The summed E-state index contributed by atoms with van der Waals surface area (Å²) in [6, 6.07) is 79.6. The number of aromatic nitrogens is 1. The molecule has 0 radical (unpaired) electrons. The SMILES string of the molecule is CCC1C=C(c2ccccc2)C=C(c2ccccc2)N=C1c1cccc2c3ccccc3c3ccc(-c4ccc5c6ccccc6n(-c6ccc(-c7ccccc7)cc6)c5c4)cc3c12. The Bertz CT molecular complexity index is 3670. The predicted octanol–water partition coefficient (Wildman–Crippen LogP) is 16.5. The van der Waals surface area contributed by atoms with Crippen molar-refractivity contribution in [3.8, 4) is 27.9 Å². The zero-order valence-corrected chi connectivity index (χ0v) is 35.6. The summed E-state index contributed by atoms with van der Waals surface area (Å²) in [5, 5.41) is 9.97. The van der Waals surface area contributed by atoms with Crippen LogP contribution >= 0.6 is 0 Å². The Labute approximate surface area is 373 Å². The second kappa shape index (κ2) is 15.7. The quantitative estimate of drug-likeness (QED) is 0.143. The van der Waals surface area contributed by atoms with Crippen LogP contribution in [0.1, 0.15) is 30.0 Å². The highest BCUT2D eigenvalue weighted by atomic mass is 15.0. The number of hydrogen-bond acceptors (Lipinski definition) is 1. The molecule has 1 aromatic heterocycles. The number of rotatable bonds is 7. The minimum atomic E-state index is 0.0917. The maximum atomic E-state index is 5.70. The fourth-order valence-electron chi connectivity index (χ4n) is 10.1. The number of fused-ring (bicyclic) bond motifs is 9. The van der Waals surface area contributed by atoms with Crippen LogP contribution < -0.4 is 0 Å². The van der Waals surface area contributed by atoms with Crippen molar-refractivity contribution in [1.29, 1.82) is 0 Å².